The summed E-state index contributed by atoms with van der Waals surface area (Å²) in [6.07, 6.45) is 1.70. The third kappa shape index (κ3) is 4.05. The minimum Gasteiger partial charge on any atom is -0.508 e. The van der Waals surface area contributed by atoms with Crippen molar-refractivity contribution >= 4 is 24.0 Å². The molecule has 0 bridgehead atoms. The summed E-state index contributed by atoms with van der Waals surface area (Å²) in [6.45, 7) is 6.90. The van der Waals surface area contributed by atoms with Gasteiger partial charge in [0.15, 0.2) is 0 Å². The van der Waals surface area contributed by atoms with E-state index < -0.39 is 11.9 Å². The third-order valence-electron chi connectivity index (χ3n) is 3.15. The minimum absolute atomic E-state index is 0.328. The molecule has 1 aromatic carbocycles. The molecular weight excluding hydrogens is 274 g/mol. The number of amides is 1. The number of hydrogen-bond donors (Lipinski definition) is 1. The van der Waals surface area contributed by atoms with E-state index in [1.165, 1.54) is 13.8 Å². The lowest BCUT2D eigenvalue weighted by Gasteiger charge is -2.14. The highest BCUT2D eigenvalue weighted by Gasteiger charge is 2.23. The van der Waals surface area contributed by atoms with Crippen molar-refractivity contribution in [1.29, 1.82) is 0 Å². The number of phenolic OH excluding ortho intramolecular Hbond substituents is 1. The summed E-state index contributed by atoms with van der Waals surface area (Å²) in [5.41, 5.74) is 3.95. The molecule has 0 aliphatic carbocycles. The predicted octanol–water partition coefficient (Wildman–Crippen LogP) is 1.62. The zero-order valence-electron chi connectivity index (χ0n) is 12.6. The first-order valence-corrected chi connectivity index (χ1v) is 6.50. The molecule has 0 fully saturated rings. The number of phenols is 1. The van der Waals surface area contributed by atoms with E-state index >= 15 is 0 Å². The monoisotopic (exact) mass is 293 g/mol. The normalized spacial score (nSPS) is 12.1. The lowest BCUT2D eigenvalue weighted by atomic mass is 10.0. The summed E-state index contributed by atoms with van der Waals surface area (Å²) in [5.74, 6) is -0.797. The molecule has 1 aliphatic rings. The molecule has 0 aromatic heterocycles. The van der Waals surface area contributed by atoms with Gasteiger partial charge in [-0.1, -0.05) is 0 Å². The Hall–Kier alpha value is -2.37. The summed E-state index contributed by atoms with van der Waals surface area (Å²) in [4.78, 5) is 32.1. The van der Waals surface area contributed by atoms with Crippen LogP contribution in [0.25, 0.3) is 0 Å². The van der Waals surface area contributed by atoms with Crippen molar-refractivity contribution in [3.63, 3.8) is 0 Å². The van der Waals surface area contributed by atoms with Gasteiger partial charge in [-0.05, 0) is 43.0 Å². The largest absolute Gasteiger partial charge is 0.508 e. The summed E-state index contributed by atoms with van der Waals surface area (Å²) in [5, 5.41) is 9.62. The molecule has 1 N–H and O–H groups in total. The number of esters is 2. The fourth-order valence-electron chi connectivity index (χ4n) is 2.31. The molecule has 6 heteroatoms. The van der Waals surface area contributed by atoms with Crippen LogP contribution in [-0.2, 0) is 25.5 Å². The highest BCUT2D eigenvalue weighted by Crippen LogP contribution is 2.37. The molecule has 1 aliphatic heterocycles. The molecule has 0 saturated carbocycles. The van der Waals surface area contributed by atoms with E-state index in [0.29, 0.717) is 5.75 Å². The Kier molecular flexibility index (Phi) is 5.46. The summed E-state index contributed by atoms with van der Waals surface area (Å²) >= 11 is 0. The number of benzene rings is 1. The molecule has 114 valence electrons. The van der Waals surface area contributed by atoms with Gasteiger partial charge in [-0.3, -0.25) is 14.4 Å². The topological polar surface area (TPSA) is 83.9 Å². The zero-order chi connectivity index (χ0) is 16.2. The molecule has 1 amide bonds. The highest BCUT2D eigenvalue weighted by molar-refractivity contribution is 5.83. The molecule has 1 aromatic rings. The number of rotatable bonds is 1. The van der Waals surface area contributed by atoms with Crippen LogP contribution in [0.1, 0.15) is 30.5 Å². The van der Waals surface area contributed by atoms with Gasteiger partial charge in [0, 0.05) is 20.4 Å². The average Bonchev–Trinajstić information content (AvgIpc) is 2.79. The molecule has 2 rings (SSSR count). The molecule has 0 spiro atoms. The average molecular weight is 293 g/mol. The standard InChI is InChI=1S/C11H13NO2.C4H6O3/c1-7-5-10(14)8(2)9-3-4-12(6-13)11(7)9;1-3(5)7-4(2)6/h5-6,14H,3-4H2,1-2H3;1-2H3. The lowest BCUT2D eigenvalue weighted by Crippen LogP contribution is -2.18. The second-order valence-electron chi connectivity index (χ2n) is 4.80. The number of anilines is 1. The van der Waals surface area contributed by atoms with Crippen LogP contribution in [0.3, 0.4) is 0 Å². The Labute approximate surface area is 123 Å². The van der Waals surface area contributed by atoms with Crippen LogP contribution >= 0.6 is 0 Å². The van der Waals surface area contributed by atoms with Gasteiger partial charge >= 0.3 is 11.9 Å². The Morgan fingerprint density at radius 1 is 1.29 bits per heavy atom. The Morgan fingerprint density at radius 2 is 1.86 bits per heavy atom. The van der Waals surface area contributed by atoms with Gasteiger partial charge in [-0.25, -0.2) is 0 Å². The molecule has 0 radical (unpaired) electrons. The van der Waals surface area contributed by atoms with Crippen LogP contribution < -0.4 is 4.90 Å². The van der Waals surface area contributed by atoms with E-state index in [4.69, 9.17) is 0 Å². The van der Waals surface area contributed by atoms with Gasteiger partial charge in [0.05, 0.1) is 5.69 Å². The Balaban J connectivity index is 0.000000270. The molecule has 0 saturated heterocycles. The number of aryl methyl sites for hydroxylation is 1. The van der Waals surface area contributed by atoms with Crippen LogP contribution in [-0.4, -0.2) is 30.0 Å². The lowest BCUT2D eigenvalue weighted by molar-refractivity contribution is -0.156. The van der Waals surface area contributed by atoms with Crippen molar-refractivity contribution in [3.8, 4) is 5.75 Å². The third-order valence-corrected chi connectivity index (χ3v) is 3.15. The van der Waals surface area contributed by atoms with Crippen LogP contribution in [0, 0.1) is 13.8 Å². The smallest absolute Gasteiger partial charge is 0.310 e. The number of aromatic hydroxyl groups is 1. The second-order valence-corrected chi connectivity index (χ2v) is 4.80. The molecule has 6 nitrogen and oxygen atoms in total. The first kappa shape index (κ1) is 16.7. The summed E-state index contributed by atoms with van der Waals surface area (Å²) in [7, 11) is 0. The second kappa shape index (κ2) is 6.88. The number of carbonyl (C=O) groups excluding carboxylic acids is 3. The van der Waals surface area contributed by atoms with E-state index in [2.05, 4.69) is 4.74 Å². The maximum absolute atomic E-state index is 10.8. The van der Waals surface area contributed by atoms with E-state index in [9.17, 15) is 19.5 Å². The van der Waals surface area contributed by atoms with Crippen LogP contribution in [0.15, 0.2) is 6.07 Å². The van der Waals surface area contributed by atoms with Gasteiger partial charge in [0.1, 0.15) is 5.75 Å². The van der Waals surface area contributed by atoms with Gasteiger partial charge in [-0.2, -0.15) is 0 Å². The molecule has 1 heterocycles. The fourth-order valence-corrected chi connectivity index (χ4v) is 2.31. The highest BCUT2D eigenvalue weighted by atomic mass is 16.6. The van der Waals surface area contributed by atoms with Gasteiger partial charge in [0.25, 0.3) is 0 Å². The fraction of sp³-hybridized carbons (Fsp3) is 0.400. The van der Waals surface area contributed by atoms with E-state index in [-0.39, 0.29) is 0 Å². The van der Waals surface area contributed by atoms with Gasteiger partial charge < -0.3 is 14.7 Å². The number of hydrogen-bond acceptors (Lipinski definition) is 5. The van der Waals surface area contributed by atoms with E-state index in [0.717, 1.165) is 41.8 Å². The van der Waals surface area contributed by atoms with Crippen LogP contribution in [0.4, 0.5) is 5.69 Å². The zero-order valence-corrected chi connectivity index (χ0v) is 12.6. The van der Waals surface area contributed by atoms with Crippen molar-refractivity contribution in [3.05, 3.63) is 22.8 Å². The SMILES string of the molecule is CC(=O)OC(C)=O.Cc1cc(O)c(C)c2c1N(C=O)CC2. The Morgan fingerprint density at radius 3 is 2.29 bits per heavy atom. The number of carbonyl (C=O) groups is 3. The van der Waals surface area contributed by atoms with E-state index in [1.54, 1.807) is 11.0 Å². The first-order chi connectivity index (χ1) is 9.77. The molecule has 0 unspecified atom stereocenters. The van der Waals surface area contributed by atoms with Crippen molar-refractivity contribution in [2.75, 3.05) is 11.4 Å². The number of nitrogens with zero attached hydrogens (tertiary/aromatic N) is 1. The quantitative estimate of drug-likeness (QED) is 0.483. The van der Waals surface area contributed by atoms with Crippen molar-refractivity contribution in [1.82, 2.24) is 0 Å². The van der Waals surface area contributed by atoms with Crippen molar-refractivity contribution in [2.24, 2.45) is 0 Å². The van der Waals surface area contributed by atoms with Crippen molar-refractivity contribution in [2.45, 2.75) is 34.1 Å². The van der Waals surface area contributed by atoms with Crippen LogP contribution in [0.2, 0.25) is 0 Å². The number of fused-ring (bicyclic) bond motifs is 1. The summed E-state index contributed by atoms with van der Waals surface area (Å²) in [6, 6.07) is 1.72. The molecule has 0 atom stereocenters. The van der Waals surface area contributed by atoms with Crippen molar-refractivity contribution < 1.29 is 24.2 Å². The van der Waals surface area contributed by atoms with E-state index in [1.807, 2.05) is 13.8 Å². The maximum Gasteiger partial charge on any atom is 0.310 e. The van der Waals surface area contributed by atoms with Crippen LogP contribution in [0.5, 0.6) is 5.75 Å². The predicted molar refractivity (Wildman–Crippen MR) is 77.1 cm³/mol. The Bertz CT molecular complexity index is 568. The first-order valence-electron chi connectivity index (χ1n) is 6.50. The van der Waals surface area contributed by atoms with Gasteiger partial charge in [-0.15, -0.1) is 0 Å². The number of ether oxygens (including phenoxy) is 1. The minimum atomic E-state index is -0.562. The van der Waals surface area contributed by atoms with Gasteiger partial charge in [0.2, 0.25) is 6.41 Å². The molecular formula is C15H19NO5. The maximum atomic E-state index is 10.8. The molecule has 21 heavy (non-hydrogen) atoms. The summed E-state index contributed by atoms with van der Waals surface area (Å²) < 4.78 is 3.97.